The summed E-state index contributed by atoms with van der Waals surface area (Å²) in [5.41, 5.74) is 5.90. The molecule has 6 rings (SSSR count). The summed E-state index contributed by atoms with van der Waals surface area (Å²) >= 11 is 12.5. The second-order valence-electron chi connectivity index (χ2n) is 11.7. The first-order chi connectivity index (χ1) is 22.2. The van der Waals surface area contributed by atoms with Crippen LogP contribution in [0.5, 0.6) is 0 Å². The van der Waals surface area contributed by atoms with Crippen molar-refractivity contribution in [1.82, 2.24) is 19.7 Å². The van der Waals surface area contributed by atoms with Gasteiger partial charge < -0.3 is 0 Å². The van der Waals surface area contributed by atoms with Crippen molar-refractivity contribution in [1.29, 1.82) is 0 Å². The number of thiazole rings is 1. The van der Waals surface area contributed by atoms with Crippen LogP contribution in [0.25, 0.3) is 28.3 Å². The lowest BCUT2D eigenvalue weighted by Gasteiger charge is -2.20. The monoisotopic (exact) mass is 727 g/mol. The quantitative estimate of drug-likeness (QED) is 0.139. The first-order valence-corrected chi connectivity index (χ1v) is 17.7. The molecule has 6 aromatic rings. The number of benzene rings is 4. The normalized spacial score (nSPS) is 11.5. The number of nitrogens with zero attached hydrogens (tertiary/aromatic N) is 5. The van der Waals surface area contributed by atoms with E-state index in [0.717, 1.165) is 32.5 Å². The second kappa shape index (κ2) is 13.9. The van der Waals surface area contributed by atoms with Crippen molar-refractivity contribution in [3.05, 3.63) is 129 Å². The van der Waals surface area contributed by atoms with Gasteiger partial charge in [0.15, 0.2) is 16.1 Å². The van der Waals surface area contributed by atoms with Crippen LogP contribution in [0.3, 0.4) is 0 Å². The predicted molar refractivity (Wildman–Crippen MR) is 194 cm³/mol. The number of amides is 1. The van der Waals surface area contributed by atoms with Gasteiger partial charge in [-0.2, -0.15) is 0 Å². The summed E-state index contributed by atoms with van der Waals surface area (Å²) in [6.07, 6.45) is 0. The van der Waals surface area contributed by atoms with Crippen molar-refractivity contribution in [3.8, 4) is 28.3 Å². The van der Waals surface area contributed by atoms with Crippen LogP contribution in [0.2, 0.25) is 5.02 Å². The van der Waals surface area contributed by atoms with Gasteiger partial charge in [-0.1, -0.05) is 127 Å². The Morgan fingerprint density at radius 1 is 0.891 bits per heavy atom. The smallest absolute Gasteiger partial charge is 0.239 e. The number of hydrogen-bond acceptors (Lipinski definition) is 6. The van der Waals surface area contributed by atoms with Gasteiger partial charge in [0, 0.05) is 31.7 Å². The molecule has 2 heterocycles. The Morgan fingerprint density at radius 3 is 2.24 bits per heavy atom. The van der Waals surface area contributed by atoms with Crippen molar-refractivity contribution in [2.24, 2.45) is 0 Å². The van der Waals surface area contributed by atoms with Gasteiger partial charge in [-0.15, -0.1) is 21.5 Å². The van der Waals surface area contributed by atoms with E-state index in [1.54, 1.807) is 4.90 Å². The molecule has 0 spiro atoms. The SMILES string of the molecule is CC(C)(C)c1ccc(-c2nnc(SCC(=O)N(Cc3ccccc3)c3nc(-c4ccc(Cl)cc4)cs3)n2-c2ccc(Br)cc2)cc1. The van der Waals surface area contributed by atoms with Crippen LogP contribution in [-0.2, 0) is 16.8 Å². The van der Waals surface area contributed by atoms with Crippen LogP contribution in [0.1, 0.15) is 31.9 Å². The number of hydrogen-bond donors (Lipinski definition) is 0. The molecule has 46 heavy (non-hydrogen) atoms. The molecule has 0 unspecified atom stereocenters. The number of carbonyl (C=O) groups excluding carboxylic acids is 1. The molecule has 0 saturated carbocycles. The van der Waals surface area contributed by atoms with Gasteiger partial charge in [-0.05, 0) is 52.9 Å². The van der Waals surface area contributed by atoms with Gasteiger partial charge in [-0.3, -0.25) is 14.3 Å². The highest BCUT2D eigenvalue weighted by molar-refractivity contribution is 9.10. The van der Waals surface area contributed by atoms with Crippen molar-refractivity contribution < 1.29 is 4.79 Å². The Balaban J connectivity index is 1.30. The third kappa shape index (κ3) is 7.44. The zero-order chi connectivity index (χ0) is 32.3. The van der Waals surface area contributed by atoms with Crippen LogP contribution in [0, 0.1) is 0 Å². The average molecular weight is 729 g/mol. The van der Waals surface area contributed by atoms with E-state index in [-0.39, 0.29) is 17.1 Å². The fourth-order valence-corrected chi connectivity index (χ4v) is 6.94. The van der Waals surface area contributed by atoms with E-state index in [1.807, 2.05) is 88.8 Å². The van der Waals surface area contributed by atoms with E-state index in [4.69, 9.17) is 16.6 Å². The lowest BCUT2D eigenvalue weighted by atomic mass is 9.87. The van der Waals surface area contributed by atoms with Crippen molar-refractivity contribution in [3.63, 3.8) is 0 Å². The minimum absolute atomic E-state index is 0.0396. The predicted octanol–water partition coefficient (Wildman–Crippen LogP) is 10.1. The molecule has 0 aliphatic heterocycles. The van der Waals surface area contributed by atoms with E-state index in [9.17, 15) is 4.79 Å². The average Bonchev–Trinajstić information content (AvgIpc) is 3.71. The van der Waals surface area contributed by atoms with Crippen LogP contribution in [0.4, 0.5) is 5.13 Å². The van der Waals surface area contributed by atoms with E-state index in [1.165, 1.54) is 28.7 Å². The lowest BCUT2D eigenvalue weighted by molar-refractivity contribution is -0.116. The highest BCUT2D eigenvalue weighted by Gasteiger charge is 2.23. The van der Waals surface area contributed by atoms with Crippen LogP contribution in [0.15, 0.2) is 118 Å². The Bertz CT molecular complexity index is 1930. The summed E-state index contributed by atoms with van der Waals surface area (Å²) in [6.45, 7) is 6.99. The van der Waals surface area contributed by atoms with Gasteiger partial charge in [0.05, 0.1) is 18.0 Å². The maximum Gasteiger partial charge on any atom is 0.239 e. The molecular weight excluding hydrogens is 698 g/mol. The molecule has 0 fully saturated rings. The Morgan fingerprint density at radius 2 is 1.57 bits per heavy atom. The third-order valence-corrected chi connectivity index (χ3v) is 9.96. The summed E-state index contributed by atoms with van der Waals surface area (Å²) in [5.74, 6) is 0.791. The molecule has 0 atom stereocenters. The largest absolute Gasteiger partial charge is 0.283 e. The highest BCUT2D eigenvalue weighted by atomic mass is 79.9. The molecular formula is C36H31BrClN5OS2. The zero-order valence-corrected chi connectivity index (χ0v) is 29.5. The summed E-state index contributed by atoms with van der Waals surface area (Å²) in [7, 11) is 0. The van der Waals surface area contributed by atoms with Gasteiger partial charge in [0.25, 0.3) is 0 Å². The van der Waals surface area contributed by atoms with Crippen molar-refractivity contribution in [2.75, 3.05) is 10.7 Å². The molecule has 0 aliphatic rings. The molecule has 232 valence electrons. The molecule has 6 nitrogen and oxygen atoms in total. The number of aromatic nitrogens is 4. The second-order valence-corrected chi connectivity index (χ2v) is 14.9. The minimum atomic E-state index is -0.0766. The molecule has 2 aromatic heterocycles. The standard InChI is InChI=1S/C36H31BrClN5OS2/c1-36(2,3)27-13-9-26(10-14-27)33-40-41-35(43(33)30-19-15-28(37)16-20-30)46-23-32(44)42(21-24-7-5-4-6-8-24)34-39-31(22-45-34)25-11-17-29(38)18-12-25/h4-20,22H,21,23H2,1-3H3. The van der Waals surface area contributed by atoms with Crippen LogP contribution < -0.4 is 4.90 Å². The highest BCUT2D eigenvalue weighted by Crippen LogP contribution is 2.33. The first kappa shape index (κ1) is 32.2. The fourth-order valence-electron chi connectivity index (χ4n) is 4.87. The number of halogens is 2. The number of rotatable bonds is 9. The molecule has 4 aromatic carbocycles. The maximum atomic E-state index is 14.0. The van der Waals surface area contributed by atoms with E-state index in [2.05, 4.69) is 71.2 Å². The molecule has 1 amide bonds. The van der Waals surface area contributed by atoms with Crippen LogP contribution >= 0.6 is 50.6 Å². The summed E-state index contributed by atoms with van der Waals surface area (Å²) in [5, 5.41) is 13.1. The molecule has 0 aliphatic carbocycles. The zero-order valence-electron chi connectivity index (χ0n) is 25.5. The van der Waals surface area contributed by atoms with E-state index < -0.39 is 0 Å². The number of anilines is 1. The van der Waals surface area contributed by atoms with E-state index in [0.29, 0.717) is 27.7 Å². The molecule has 0 N–H and O–H groups in total. The first-order valence-electron chi connectivity index (χ1n) is 14.7. The molecule has 0 saturated heterocycles. The van der Waals surface area contributed by atoms with Gasteiger partial charge in [0.2, 0.25) is 5.91 Å². The minimum Gasteiger partial charge on any atom is -0.283 e. The topological polar surface area (TPSA) is 63.9 Å². The van der Waals surface area contributed by atoms with Gasteiger partial charge >= 0.3 is 0 Å². The summed E-state index contributed by atoms with van der Waals surface area (Å²) < 4.78 is 2.99. The summed E-state index contributed by atoms with van der Waals surface area (Å²) in [4.78, 5) is 20.6. The third-order valence-electron chi connectivity index (χ3n) is 7.40. The fraction of sp³-hybridized carbons (Fsp3) is 0.167. The van der Waals surface area contributed by atoms with Gasteiger partial charge in [-0.25, -0.2) is 4.98 Å². The van der Waals surface area contributed by atoms with Gasteiger partial charge in [0.1, 0.15) is 0 Å². The molecule has 10 heteroatoms. The van der Waals surface area contributed by atoms with Crippen LogP contribution in [-0.4, -0.2) is 31.4 Å². The number of carbonyl (C=O) groups is 1. The Kier molecular flexibility index (Phi) is 9.75. The van der Waals surface area contributed by atoms with Crippen molar-refractivity contribution in [2.45, 2.75) is 37.9 Å². The van der Waals surface area contributed by atoms with E-state index >= 15 is 0 Å². The maximum absolute atomic E-state index is 14.0. The number of thioether (sulfide) groups is 1. The lowest BCUT2D eigenvalue weighted by Crippen LogP contribution is -2.32. The molecule has 0 bridgehead atoms. The molecule has 0 radical (unpaired) electrons. The Labute approximate surface area is 290 Å². The van der Waals surface area contributed by atoms with Crippen molar-refractivity contribution >= 4 is 61.7 Å². The summed E-state index contributed by atoms with van der Waals surface area (Å²) in [6, 6.07) is 34.0. The Hall–Kier alpha value is -3.76.